The molecule has 1 aliphatic rings. The highest BCUT2D eigenvalue weighted by molar-refractivity contribution is 7.09. The summed E-state index contributed by atoms with van der Waals surface area (Å²) in [6.07, 6.45) is 1.51. The standard InChI is InChI=1S/C15H26N2OS/c1-10(2)8-18-13-6-12(15(13,4)5)16-7-14-17-11(3)9-19-14/h9-10,12-13,16H,6-8H2,1-5H3. The number of ether oxygens (including phenoxy) is 1. The maximum Gasteiger partial charge on any atom is 0.107 e. The molecule has 2 rings (SSSR count). The molecule has 1 aromatic rings. The number of nitrogens with zero attached hydrogens (tertiary/aromatic N) is 1. The van der Waals surface area contributed by atoms with Crippen LogP contribution in [0.25, 0.3) is 0 Å². The fourth-order valence-electron chi connectivity index (χ4n) is 2.52. The van der Waals surface area contributed by atoms with Crippen molar-refractivity contribution in [3.63, 3.8) is 0 Å². The molecule has 1 heterocycles. The van der Waals surface area contributed by atoms with E-state index in [4.69, 9.17) is 4.74 Å². The summed E-state index contributed by atoms with van der Waals surface area (Å²) in [6.45, 7) is 12.8. The average molecular weight is 282 g/mol. The summed E-state index contributed by atoms with van der Waals surface area (Å²) in [4.78, 5) is 4.49. The van der Waals surface area contributed by atoms with Crippen LogP contribution in [0.2, 0.25) is 0 Å². The van der Waals surface area contributed by atoms with Gasteiger partial charge >= 0.3 is 0 Å². The number of aryl methyl sites for hydroxylation is 1. The first-order valence-electron chi connectivity index (χ1n) is 7.15. The molecule has 4 heteroatoms. The number of hydrogen-bond donors (Lipinski definition) is 1. The van der Waals surface area contributed by atoms with Crippen LogP contribution in [-0.2, 0) is 11.3 Å². The molecule has 1 N–H and O–H groups in total. The van der Waals surface area contributed by atoms with E-state index in [-0.39, 0.29) is 5.41 Å². The van der Waals surface area contributed by atoms with Gasteiger partial charge < -0.3 is 10.1 Å². The normalized spacial score (nSPS) is 25.6. The van der Waals surface area contributed by atoms with Gasteiger partial charge in [0.25, 0.3) is 0 Å². The molecule has 0 amide bonds. The third-order valence-electron chi connectivity index (χ3n) is 3.97. The van der Waals surface area contributed by atoms with E-state index in [0.717, 1.165) is 25.3 Å². The molecule has 1 aromatic heterocycles. The van der Waals surface area contributed by atoms with Gasteiger partial charge in [-0.05, 0) is 19.3 Å². The van der Waals surface area contributed by atoms with Crippen LogP contribution in [-0.4, -0.2) is 23.7 Å². The van der Waals surface area contributed by atoms with Gasteiger partial charge in [-0.2, -0.15) is 0 Å². The van der Waals surface area contributed by atoms with Crippen molar-refractivity contribution in [3.8, 4) is 0 Å². The van der Waals surface area contributed by atoms with Gasteiger partial charge in [-0.15, -0.1) is 11.3 Å². The molecule has 19 heavy (non-hydrogen) atoms. The Labute approximate surface area is 120 Å². The van der Waals surface area contributed by atoms with Crippen LogP contribution in [0.3, 0.4) is 0 Å². The Hall–Kier alpha value is -0.450. The van der Waals surface area contributed by atoms with Gasteiger partial charge in [-0.1, -0.05) is 27.7 Å². The molecule has 1 aliphatic carbocycles. The second-order valence-electron chi connectivity index (χ2n) is 6.59. The van der Waals surface area contributed by atoms with Crippen LogP contribution in [0.1, 0.15) is 44.8 Å². The van der Waals surface area contributed by atoms with E-state index in [1.54, 1.807) is 11.3 Å². The maximum atomic E-state index is 5.99. The molecule has 0 saturated heterocycles. The van der Waals surface area contributed by atoms with Crippen molar-refractivity contribution in [3.05, 3.63) is 16.1 Å². The molecule has 0 spiro atoms. The molecule has 0 aromatic carbocycles. The molecule has 108 valence electrons. The molecule has 2 unspecified atom stereocenters. The van der Waals surface area contributed by atoms with Gasteiger partial charge in [0.1, 0.15) is 5.01 Å². The molecule has 3 nitrogen and oxygen atoms in total. The van der Waals surface area contributed by atoms with Gasteiger partial charge in [0.05, 0.1) is 6.10 Å². The summed E-state index contributed by atoms with van der Waals surface area (Å²) in [5.41, 5.74) is 1.34. The lowest BCUT2D eigenvalue weighted by molar-refractivity contribution is -0.124. The molecular weight excluding hydrogens is 256 g/mol. The fraction of sp³-hybridized carbons (Fsp3) is 0.800. The summed E-state index contributed by atoms with van der Waals surface area (Å²) in [6, 6.07) is 0.536. The molecule has 1 fully saturated rings. The zero-order valence-electron chi connectivity index (χ0n) is 12.7. The van der Waals surface area contributed by atoms with Crippen LogP contribution in [0.15, 0.2) is 5.38 Å². The predicted octanol–water partition coefficient (Wildman–Crippen LogP) is 3.38. The van der Waals surface area contributed by atoms with Crippen LogP contribution >= 0.6 is 11.3 Å². The highest BCUT2D eigenvalue weighted by Crippen LogP contribution is 2.43. The lowest BCUT2D eigenvalue weighted by Gasteiger charge is -2.52. The molecular formula is C15H26N2OS. The molecule has 1 saturated carbocycles. The Bertz CT molecular complexity index is 414. The Morgan fingerprint density at radius 3 is 2.79 bits per heavy atom. The number of rotatable bonds is 6. The first-order valence-corrected chi connectivity index (χ1v) is 8.03. The third-order valence-corrected chi connectivity index (χ3v) is 4.94. The number of hydrogen-bond acceptors (Lipinski definition) is 4. The molecule has 0 aliphatic heterocycles. The first kappa shape index (κ1) is 14.9. The Morgan fingerprint density at radius 2 is 2.26 bits per heavy atom. The second kappa shape index (κ2) is 5.90. The minimum atomic E-state index is 0.223. The van der Waals surface area contributed by atoms with Gasteiger partial charge in [0.15, 0.2) is 0 Å². The predicted molar refractivity (Wildman–Crippen MR) is 80.5 cm³/mol. The van der Waals surface area contributed by atoms with Gasteiger partial charge in [-0.25, -0.2) is 4.98 Å². The van der Waals surface area contributed by atoms with E-state index in [1.807, 2.05) is 6.92 Å². The van der Waals surface area contributed by atoms with Crippen molar-refractivity contribution < 1.29 is 4.74 Å². The van der Waals surface area contributed by atoms with Gasteiger partial charge in [-0.3, -0.25) is 0 Å². The first-order chi connectivity index (χ1) is 8.89. The maximum absolute atomic E-state index is 5.99. The Morgan fingerprint density at radius 1 is 1.53 bits per heavy atom. The van der Waals surface area contributed by atoms with Crippen LogP contribution in [0, 0.1) is 18.3 Å². The van der Waals surface area contributed by atoms with E-state index < -0.39 is 0 Å². The average Bonchev–Trinajstić information content (AvgIpc) is 2.72. The van der Waals surface area contributed by atoms with Gasteiger partial charge in [0.2, 0.25) is 0 Å². The smallest absolute Gasteiger partial charge is 0.107 e. The molecule has 0 bridgehead atoms. The highest BCUT2D eigenvalue weighted by atomic mass is 32.1. The van der Waals surface area contributed by atoms with E-state index in [9.17, 15) is 0 Å². The minimum absolute atomic E-state index is 0.223. The second-order valence-corrected chi connectivity index (χ2v) is 7.53. The summed E-state index contributed by atoms with van der Waals surface area (Å²) >= 11 is 1.74. The van der Waals surface area contributed by atoms with Crippen molar-refractivity contribution in [1.82, 2.24) is 10.3 Å². The fourth-order valence-corrected chi connectivity index (χ4v) is 3.24. The van der Waals surface area contributed by atoms with Crippen LogP contribution in [0.4, 0.5) is 0 Å². The van der Waals surface area contributed by atoms with E-state index in [1.165, 1.54) is 5.01 Å². The Balaban J connectivity index is 1.77. The topological polar surface area (TPSA) is 34.1 Å². The SMILES string of the molecule is Cc1csc(CNC2CC(OCC(C)C)C2(C)C)n1. The number of nitrogens with one attached hydrogen (secondary N) is 1. The van der Waals surface area contributed by atoms with Gasteiger partial charge in [0, 0.05) is 35.7 Å². The Kier molecular flexibility index (Phi) is 4.64. The van der Waals surface area contributed by atoms with Crippen molar-refractivity contribution >= 4 is 11.3 Å². The van der Waals surface area contributed by atoms with Crippen molar-refractivity contribution in [2.75, 3.05) is 6.61 Å². The number of thiazole rings is 1. The highest BCUT2D eigenvalue weighted by Gasteiger charge is 2.48. The van der Waals surface area contributed by atoms with E-state index in [2.05, 4.69) is 43.4 Å². The summed E-state index contributed by atoms with van der Waals surface area (Å²) in [5, 5.41) is 6.91. The van der Waals surface area contributed by atoms with Crippen LogP contribution < -0.4 is 5.32 Å². The van der Waals surface area contributed by atoms with E-state index >= 15 is 0 Å². The molecule has 2 atom stereocenters. The molecule has 0 radical (unpaired) electrons. The van der Waals surface area contributed by atoms with E-state index in [0.29, 0.717) is 18.1 Å². The largest absolute Gasteiger partial charge is 0.377 e. The zero-order chi connectivity index (χ0) is 14.0. The lowest BCUT2D eigenvalue weighted by Crippen LogP contribution is -2.60. The van der Waals surface area contributed by atoms with Crippen molar-refractivity contribution in [1.29, 1.82) is 0 Å². The van der Waals surface area contributed by atoms with Crippen molar-refractivity contribution in [2.45, 2.75) is 59.7 Å². The number of aromatic nitrogens is 1. The lowest BCUT2D eigenvalue weighted by atomic mass is 9.64. The minimum Gasteiger partial charge on any atom is -0.377 e. The summed E-state index contributed by atoms with van der Waals surface area (Å²) in [7, 11) is 0. The van der Waals surface area contributed by atoms with Crippen molar-refractivity contribution in [2.24, 2.45) is 11.3 Å². The zero-order valence-corrected chi connectivity index (χ0v) is 13.5. The third kappa shape index (κ3) is 3.56. The summed E-state index contributed by atoms with van der Waals surface area (Å²) < 4.78 is 5.99. The quantitative estimate of drug-likeness (QED) is 0.868. The monoisotopic (exact) mass is 282 g/mol. The van der Waals surface area contributed by atoms with Crippen LogP contribution in [0.5, 0.6) is 0 Å². The summed E-state index contributed by atoms with van der Waals surface area (Å²) in [5.74, 6) is 0.612.